The normalized spacial score (nSPS) is 16.5. The van der Waals surface area contributed by atoms with E-state index in [1.807, 2.05) is 36.4 Å². The van der Waals surface area contributed by atoms with Crippen LogP contribution >= 0.6 is 11.6 Å². The third-order valence-electron chi connectivity index (χ3n) is 4.67. The summed E-state index contributed by atoms with van der Waals surface area (Å²) >= 11 is 5.90. The van der Waals surface area contributed by atoms with Crippen LogP contribution in [0.25, 0.3) is 11.3 Å². The number of carbonyl (C=O) groups is 1. The van der Waals surface area contributed by atoms with E-state index < -0.39 is 0 Å². The monoisotopic (exact) mass is 381 g/mol. The van der Waals surface area contributed by atoms with Crippen LogP contribution < -0.4 is 16.0 Å². The molecule has 5 nitrogen and oxygen atoms in total. The van der Waals surface area contributed by atoms with E-state index >= 15 is 0 Å². The van der Waals surface area contributed by atoms with Crippen LogP contribution in [-0.2, 0) is 0 Å². The molecule has 4 rings (SSSR count). The summed E-state index contributed by atoms with van der Waals surface area (Å²) in [4.78, 5) is 14.7. The number of hydrogen-bond donors (Lipinski definition) is 2. The second-order valence-corrected chi connectivity index (χ2v) is 7.10. The number of anilines is 2. The molecule has 0 saturated carbocycles. The maximum atomic E-state index is 12.4. The maximum absolute atomic E-state index is 12.4. The topological polar surface area (TPSA) is 71.5 Å². The van der Waals surface area contributed by atoms with E-state index in [0.29, 0.717) is 10.8 Å². The standard InChI is InChI=1S/C21H20ClN3O2/c22-15-3-1-14(2-4-15)19-9-10-20(27-19)21(26)24-17-5-7-18(8-6-17)25-12-11-16(23)13-25/h1-10,16H,11-13,23H2,(H,24,26). The molecule has 1 aromatic heterocycles. The first-order chi connectivity index (χ1) is 13.1. The zero-order valence-electron chi connectivity index (χ0n) is 14.7. The van der Waals surface area contributed by atoms with Crippen LogP contribution in [0.2, 0.25) is 5.02 Å². The van der Waals surface area contributed by atoms with Crippen LogP contribution in [0, 0.1) is 0 Å². The smallest absolute Gasteiger partial charge is 0.291 e. The molecule has 1 unspecified atom stereocenters. The Labute approximate surface area is 162 Å². The highest BCUT2D eigenvalue weighted by Crippen LogP contribution is 2.25. The summed E-state index contributed by atoms with van der Waals surface area (Å²) in [7, 11) is 0. The maximum Gasteiger partial charge on any atom is 0.291 e. The van der Waals surface area contributed by atoms with E-state index in [2.05, 4.69) is 10.2 Å². The first kappa shape index (κ1) is 17.6. The zero-order chi connectivity index (χ0) is 18.8. The van der Waals surface area contributed by atoms with Crippen molar-refractivity contribution in [3.05, 3.63) is 71.4 Å². The Morgan fingerprint density at radius 3 is 2.48 bits per heavy atom. The van der Waals surface area contributed by atoms with Gasteiger partial charge in [-0.25, -0.2) is 0 Å². The fraction of sp³-hybridized carbons (Fsp3) is 0.190. The van der Waals surface area contributed by atoms with Crippen molar-refractivity contribution >= 4 is 28.9 Å². The first-order valence-corrected chi connectivity index (χ1v) is 9.24. The quantitative estimate of drug-likeness (QED) is 0.703. The van der Waals surface area contributed by atoms with Gasteiger partial charge in [-0.3, -0.25) is 4.79 Å². The molecule has 1 atom stereocenters. The van der Waals surface area contributed by atoms with Crippen molar-refractivity contribution in [2.75, 3.05) is 23.3 Å². The molecular formula is C21H20ClN3O2. The predicted octanol–water partition coefficient (Wildman–Crippen LogP) is 4.39. The highest BCUT2D eigenvalue weighted by molar-refractivity contribution is 6.30. The van der Waals surface area contributed by atoms with Crippen LogP contribution in [0.1, 0.15) is 17.0 Å². The molecule has 0 aliphatic carbocycles. The lowest BCUT2D eigenvalue weighted by molar-refractivity contribution is 0.0997. The molecule has 27 heavy (non-hydrogen) atoms. The molecule has 3 N–H and O–H groups in total. The Morgan fingerprint density at radius 2 is 1.81 bits per heavy atom. The second kappa shape index (κ2) is 7.47. The fourth-order valence-electron chi connectivity index (χ4n) is 3.20. The van der Waals surface area contributed by atoms with Gasteiger partial charge < -0.3 is 20.4 Å². The molecule has 6 heteroatoms. The summed E-state index contributed by atoms with van der Waals surface area (Å²) < 4.78 is 5.68. The number of nitrogens with one attached hydrogen (secondary N) is 1. The van der Waals surface area contributed by atoms with Crippen molar-refractivity contribution in [3.8, 4) is 11.3 Å². The Kier molecular flexibility index (Phi) is 4.88. The highest BCUT2D eigenvalue weighted by atomic mass is 35.5. The molecule has 3 aromatic rings. The third-order valence-corrected chi connectivity index (χ3v) is 4.93. The lowest BCUT2D eigenvalue weighted by Gasteiger charge is -2.18. The minimum Gasteiger partial charge on any atom is -0.451 e. The van der Waals surface area contributed by atoms with E-state index in [4.69, 9.17) is 21.8 Å². The van der Waals surface area contributed by atoms with Crippen molar-refractivity contribution < 1.29 is 9.21 Å². The number of amides is 1. The van der Waals surface area contributed by atoms with Crippen LogP contribution in [0.5, 0.6) is 0 Å². The Balaban J connectivity index is 1.42. The minimum atomic E-state index is -0.286. The van der Waals surface area contributed by atoms with Gasteiger partial charge in [-0.2, -0.15) is 0 Å². The molecule has 1 aliphatic heterocycles. The molecule has 0 bridgehead atoms. The van der Waals surface area contributed by atoms with E-state index in [1.54, 1.807) is 24.3 Å². The Morgan fingerprint density at radius 1 is 1.07 bits per heavy atom. The van der Waals surface area contributed by atoms with Gasteiger partial charge in [-0.05, 0) is 67.1 Å². The highest BCUT2D eigenvalue weighted by Gasteiger charge is 2.19. The SMILES string of the molecule is NC1CCN(c2ccc(NC(=O)c3ccc(-c4ccc(Cl)cc4)o3)cc2)C1. The van der Waals surface area contributed by atoms with Gasteiger partial charge in [0.25, 0.3) is 5.91 Å². The van der Waals surface area contributed by atoms with Crippen molar-refractivity contribution in [1.29, 1.82) is 0 Å². The van der Waals surface area contributed by atoms with Crippen LogP contribution in [-0.4, -0.2) is 25.0 Å². The summed E-state index contributed by atoms with van der Waals surface area (Å²) in [6.07, 6.45) is 1.01. The number of nitrogens with zero attached hydrogens (tertiary/aromatic N) is 1. The molecular weight excluding hydrogens is 362 g/mol. The van der Waals surface area contributed by atoms with Crippen LogP contribution in [0.4, 0.5) is 11.4 Å². The van der Waals surface area contributed by atoms with Crippen molar-refractivity contribution in [2.24, 2.45) is 5.73 Å². The van der Waals surface area contributed by atoms with Crippen LogP contribution in [0.15, 0.2) is 65.1 Å². The molecule has 0 spiro atoms. The van der Waals surface area contributed by atoms with Crippen LogP contribution in [0.3, 0.4) is 0 Å². The molecule has 0 radical (unpaired) electrons. The lowest BCUT2D eigenvalue weighted by Crippen LogP contribution is -2.26. The summed E-state index contributed by atoms with van der Waals surface area (Å²) in [6.45, 7) is 1.83. The third kappa shape index (κ3) is 3.99. The lowest BCUT2D eigenvalue weighted by atomic mass is 10.2. The number of nitrogens with two attached hydrogens (primary N) is 1. The Bertz CT molecular complexity index is 935. The molecule has 2 aromatic carbocycles. The Hall–Kier alpha value is -2.76. The van der Waals surface area contributed by atoms with E-state index in [9.17, 15) is 4.79 Å². The van der Waals surface area contributed by atoms with E-state index in [0.717, 1.165) is 36.4 Å². The number of carbonyl (C=O) groups excluding carboxylic acids is 1. The first-order valence-electron chi connectivity index (χ1n) is 8.86. The largest absolute Gasteiger partial charge is 0.451 e. The van der Waals surface area contributed by atoms with Gasteiger partial charge in [0.15, 0.2) is 5.76 Å². The second-order valence-electron chi connectivity index (χ2n) is 6.67. The van der Waals surface area contributed by atoms with Gasteiger partial charge >= 0.3 is 0 Å². The molecule has 138 valence electrons. The minimum absolute atomic E-state index is 0.234. The number of rotatable bonds is 4. The van der Waals surface area contributed by atoms with Gasteiger partial charge in [-0.1, -0.05) is 11.6 Å². The summed E-state index contributed by atoms with van der Waals surface area (Å²) in [5.74, 6) is 0.596. The van der Waals surface area contributed by atoms with Gasteiger partial charge in [0, 0.05) is 41.1 Å². The summed E-state index contributed by atoms with van der Waals surface area (Å²) in [5.41, 5.74) is 8.66. The van der Waals surface area contributed by atoms with Gasteiger partial charge in [0.1, 0.15) is 5.76 Å². The molecule has 2 heterocycles. The van der Waals surface area contributed by atoms with Crippen molar-refractivity contribution in [1.82, 2.24) is 0 Å². The van der Waals surface area contributed by atoms with Crippen molar-refractivity contribution in [3.63, 3.8) is 0 Å². The number of benzene rings is 2. The molecule has 1 aliphatic rings. The van der Waals surface area contributed by atoms with Gasteiger partial charge in [0.2, 0.25) is 0 Å². The van der Waals surface area contributed by atoms with Gasteiger partial charge in [-0.15, -0.1) is 0 Å². The molecule has 1 amide bonds. The predicted molar refractivity (Wildman–Crippen MR) is 108 cm³/mol. The summed E-state index contributed by atoms with van der Waals surface area (Å²) in [5, 5.41) is 3.52. The zero-order valence-corrected chi connectivity index (χ0v) is 15.4. The number of furan rings is 1. The van der Waals surface area contributed by atoms with Gasteiger partial charge in [0.05, 0.1) is 0 Å². The fourth-order valence-corrected chi connectivity index (χ4v) is 3.33. The number of halogens is 1. The molecule has 1 saturated heterocycles. The average Bonchev–Trinajstić information content (AvgIpc) is 3.32. The van der Waals surface area contributed by atoms with E-state index in [-0.39, 0.29) is 17.7 Å². The van der Waals surface area contributed by atoms with E-state index in [1.165, 1.54) is 0 Å². The number of hydrogen-bond acceptors (Lipinski definition) is 4. The molecule has 1 fully saturated rings. The van der Waals surface area contributed by atoms with Crippen molar-refractivity contribution in [2.45, 2.75) is 12.5 Å². The average molecular weight is 382 g/mol. The summed E-state index contributed by atoms with van der Waals surface area (Å²) in [6, 6.07) is 18.7.